The third-order valence-corrected chi connectivity index (χ3v) is 3.43. The summed E-state index contributed by atoms with van der Waals surface area (Å²) in [5.41, 5.74) is 7.60. The van der Waals surface area contributed by atoms with Crippen LogP contribution in [0, 0.1) is 0 Å². The molecule has 0 unspecified atom stereocenters. The highest BCUT2D eigenvalue weighted by atomic mass is 16.4. The molecular weight excluding hydrogens is 256 g/mol. The van der Waals surface area contributed by atoms with Crippen molar-refractivity contribution in [2.24, 2.45) is 0 Å². The molecule has 6 heteroatoms. The van der Waals surface area contributed by atoms with E-state index < -0.39 is 5.97 Å². The molecule has 1 aliphatic heterocycles. The summed E-state index contributed by atoms with van der Waals surface area (Å²) in [6.45, 7) is 4.86. The first kappa shape index (κ1) is 14.5. The van der Waals surface area contributed by atoms with Crippen molar-refractivity contribution >= 4 is 17.9 Å². The van der Waals surface area contributed by atoms with Crippen LogP contribution in [0.5, 0.6) is 0 Å². The number of anilines is 1. The van der Waals surface area contributed by atoms with Gasteiger partial charge in [-0.3, -0.25) is 4.90 Å². The van der Waals surface area contributed by atoms with Crippen LogP contribution in [0.4, 0.5) is 5.82 Å². The highest BCUT2D eigenvalue weighted by molar-refractivity contribution is 5.85. The van der Waals surface area contributed by atoms with Gasteiger partial charge in [-0.15, -0.1) is 0 Å². The topological polar surface area (TPSA) is 82.7 Å². The monoisotopic (exact) mass is 276 g/mol. The number of carboxylic acid groups (broad SMARTS) is 1. The fraction of sp³-hybridized carbons (Fsp3) is 0.429. The Kier molecular flexibility index (Phi) is 4.70. The van der Waals surface area contributed by atoms with Gasteiger partial charge in [0.25, 0.3) is 0 Å². The van der Waals surface area contributed by atoms with E-state index in [1.165, 1.54) is 6.08 Å². The molecule has 0 bridgehead atoms. The molecule has 0 saturated carbocycles. The normalized spacial score (nSPS) is 17.6. The van der Waals surface area contributed by atoms with E-state index in [0.29, 0.717) is 5.82 Å². The lowest BCUT2D eigenvalue weighted by molar-refractivity contribution is -0.131. The summed E-state index contributed by atoms with van der Waals surface area (Å²) in [5, 5.41) is 8.64. The lowest BCUT2D eigenvalue weighted by Gasteiger charge is -2.32. The summed E-state index contributed by atoms with van der Waals surface area (Å²) in [7, 11) is 2.12. The summed E-state index contributed by atoms with van der Waals surface area (Å²) in [6.07, 6.45) is 4.22. The number of rotatable bonds is 4. The Morgan fingerprint density at radius 2 is 2.15 bits per heavy atom. The van der Waals surface area contributed by atoms with E-state index in [9.17, 15) is 4.79 Å². The number of hydrogen-bond acceptors (Lipinski definition) is 5. The predicted octanol–water partition coefficient (Wildman–Crippen LogP) is 0.509. The van der Waals surface area contributed by atoms with Gasteiger partial charge in [-0.1, -0.05) is 0 Å². The van der Waals surface area contributed by atoms with Crippen molar-refractivity contribution < 1.29 is 9.90 Å². The molecule has 0 aromatic carbocycles. The molecule has 2 rings (SSSR count). The van der Waals surface area contributed by atoms with Crippen LogP contribution in [0.3, 0.4) is 0 Å². The van der Waals surface area contributed by atoms with E-state index in [2.05, 4.69) is 21.8 Å². The minimum absolute atomic E-state index is 0.511. The maximum atomic E-state index is 10.5. The molecule has 0 radical (unpaired) electrons. The minimum Gasteiger partial charge on any atom is -0.478 e. The van der Waals surface area contributed by atoms with E-state index >= 15 is 0 Å². The van der Waals surface area contributed by atoms with E-state index in [4.69, 9.17) is 10.8 Å². The molecule has 1 aromatic heterocycles. The van der Waals surface area contributed by atoms with Crippen LogP contribution in [0.15, 0.2) is 18.3 Å². The number of carboxylic acids is 1. The zero-order chi connectivity index (χ0) is 14.5. The number of piperazine rings is 1. The molecular formula is C14H20N4O2. The van der Waals surface area contributed by atoms with Crippen molar-refractivity contribution in [3.63, 3.8) is 0 Å². The lowest BCUT2D eigenvalue weighted by Crippen LogP contribution is -2.44. The Labute approximate surface area is 118 Å². The van der Waals surface area contributed by atoms with Crippen molar-refractivity contribution in [3.8, 4) is 0 Å². The number of nitrogens with zero attached hydrogens (tertiary/aromatic N) is 3. The first-order valence-electron chi connectivity index (χ1n) is 6.61. The predicted molar refractivity (Wildman–Crippen MR) is 78.1 cm³/mol. The third-order valence-electron chi connectivity index (χ3n) is 3.43. The highest BCUT2D eigenvalue weighted by Crippen LogP contribution is 2.15. The average Bonchev–Trinajstić information content (AvgIpc) is 2.42. The number of nitrogens with two attached hydrogens (primary N) is 1. The second-order valence-corrected chi connectivity index (χ2v) is 5.06. The standard InChI is InChI=1S/C14H20N4O2/c1-17-4-6-18(7-5-17)10-12-8-11(2-3-13(19)20)9-16-14(12)15/h2-3,8-9H,4-7,10H2,1H3,(H2,15,16)(H,19,20)/b3-2+. The number of likely N-dealkylation sites (N-methyl/N-ethyl adjacent to an activating group) is 1. The van der Waals surface area contributed by atoms with Crippen LogP contribution in [0.25, 0.3) is 6.08 Å². The van der Waals surface area contributed by atoms with Gasteiger partial charge in [0.05, 0.1) is 0 Å². The average molecular weight is 276 g/mol. The highest BCUT2D eigenvalue weighted by Gasteiger charge is 2.15. The SMILES string of the molecule is CN1CCN(Cc2cc(/C=C/C(=O)O)cnc2N)CC1. The Bertz CT molecular complexity index is 508. The van der Waals surface area contributed by atoms with Gasteiger partial charge in [-0.05, 0) is 24.8 Å². The minimum atomic E-state index is -0.970. The Morgan fingerprint density at radius 3 is 2.80 bits per heavy atom. The third kappa shape index (κ3) is 4.04. The molecule has 20 heavy (non-hydrogen) atoms. The quantitative estimate of drug-likeness (QED) is 0.780. The smallest absolute Gasteiger partial charge is 0.328 e. The van der Waals surface area contributed by atoms with Gasteiger partial charge in [-0.2, -0.15) is 0 Å². The Balaban J connectivity index is 2.06. The summed E-state index contributed by atoms with van der Waals surface area (Å²) in [5.74, 6) is -0.459. The van der Waals surface area contributed by atoms with Crippen LogP contribution >= 0.6 is 0 Å². The second kappa shape index (κ2) is 6.49. The van der Waals surface area contributed by atoms with Crippen LogP contribution in [-0.2, 0) is 11.3 Å². The van der Waals surface area contributed by atoms with Gasteiger partial charge in [0.15, 0.2) is 0 Å². The lowest BCUT2D eigenvalue weighted by atomic mass is 10.1. The summed E-state index contributed by atoms with van der Waals surface area (Å²) in [6, 6.07) is 1.90. The Hall–Kier alpha value is -1.92. The van der Waals surface area contributed by atoms with E-state index in [0.717, 1.165) is 49.9 Å². The molecule has 1 aliphatic rings. The van der Waals surface area contributed by atoms with Gasteiger partial charge >= 0.3 is 5.97 Å². The van der Waals surface area contributed by atoms with Crippen molar-refractivity contribution in [1.82, 2.24) is 14.8 Å². The summed E-state index contributed by atoms with van der Waals surface area (Å²) >= 11 is 0. The molecule has 0 atom stereocenters. The number of pyridine rings is 1. The number of hydrogen-bond donors (Lipinski definition) is 2. The zero-order valence-corrected chi connectivity index (χ0v) is 11.6. The molecule has 3 N–H and O–H groups in total. The van der Waals surface area contributed by atoms with Crippen molar-refractivity contribution in [1.29, 1.82) is 0 Å². The van der Waals surface area contributed by atoms with Crippen LogP contribution in [0.2, 0.25) is 0 Å². The molecule has 0 aliphatic carbocycles. The summed E-state index contributed by atoms with van der Waals surface area (Å²) < 4.78 is 0. The molecule has 0 spiro atoms. The number of nitrogen functional groups attached to an aromatic ring is 1. The molecule has 1 aromatic rings. The fourth-order valence-electron chi connectivity index (χ4n) is 2.17. The van der Waals surface area contributed by atoms with Gasteiger partial charge in [0.2, 0.25) is 0 Å². The zero-order valence-electron chi connectivity index (χ0n) is 11.6. The molecule has 1 fully saturated rings. The van der Waals surface area contributed by atoms with Gasteiger partial charge in [0, 0.05) is 50.6 Å². The van der Waals surface area contributed by atoms with Crippen molar-refractivity contribution in [2.45, 2.75) is 6.54 Å². The second-order valence-electron chi connectivity index (χ2n) is 5.06. The molecule has 1 saturated heterocycles. The Morgan fingerprint density at radius 1 is 1.45 bits per heavy atom. The van der Waals surface area contributed by atoms with Crippen molar-refractivity contribution in [2.75, 3.05) is 39.0 Å². The van der Waals surface area contributed by atoms with Crippen LogP contribution < -0.4 is 5.73 Å². The first-order chi connectivity index (χ1) is 9.54. The maximum Gasteiger partial charge on any atom is 0.328 e. The molecule has 2 heterocycles. The van der Waals surface area contributed by atoms with E-state index in [1.807, 2.05) is 6.07 Å². The van der Waals surface area contributed by atoms with Gasteiger partial charge in [-0.25, -0.2) is 9.78 Å². The van der Waals surface area contributed by atoms with Crippen molar-refractivity contribution in [3.05, 3.63) is 29.5 Å². The molecule has 6 nitrogen and oxygen atoms in total. The fourth-order valence-corrected chi connectivity index (χ4v) is 2.17. The largest absolute Gasteiger partial charge is 0.478 e. The van der Waals surface area contributed by atoms with Crippen LogP contribution in [-0.4, -0.2) is 59.1 Å². The first-order valence-corrected chi connectivity index (χ1v) is 6.61. The molecule has 108 valence electrons. The van der Waals surface area contributed by atoms with Gasteiger partial charge < -0.3 is 15.7 Å². The number of aliphatic carboxylic acids is 1. The number of aromatic nitrogens is 1. The number of carbonyl (C=O) groups is 1. The molecule has 0 amide bonds. The van der Waals surface area contributed by atoms with E-state index in [-0.39, 0.29) is 0 Å². The summed E-state index contributed by atoms with van der Waals surface area (Å²) in [4.78, 5) is 19.3. The van der Waals surface area contributed by atoms with Gasteiger partial charge in [0.1, 0.15) is 5.82 Å². The van der Waals surface area contributed by atoms with Crippen LogP contribution in [0.1, 0.15) is 11.1 Å². The maximum absolute atomic E-state index is 10.5. The van der Waals surface area contributed by atoms with E-state index in [1.54, 1.807) is 6.20 Å².